The number of thiophene rings is 1. The zero-order valence-electron chi connectivity index (χ0n) is 7.22. The van der Waals surface area contributed by atoms with Gasteiger partial charge in [0.2, 0.25) is 0 Å². The SMILES string of the molecule is OC1(c2sccc2Br)CCNCC1. The molecule has 0 unspecified atom stereocenters. The van der Waals surface area contributed by atoms with E-state index >= 15 is 0 Å². The topological polar surface area (TPSA) is 32.3 Å². The van der Waals surface area contributed by atoms with Crippen molar-refractivity contribution in [2.75, 3.05) is 13.1 Å². The maximum atomic E-state index is 10.4. The van der Waals surface area contributed by atoms with Gasteiger partial charge in [0.05, 0.1) is 4.88 Å². The smallest absolute Gasteiger partial charge is 0.102 e. The highest BCUT2D eigenvalue weighted by atomic mass is 79.9. The van der Waals surface area contributed by atoms with E-state index in [4.69, 9.17) is 0 Å². The minimum absolute atomic E-state index is 0.599. The summed E-state index contributed by atoms with van der Waals surface area (Å²) in [5.41, 5.74) is -0.599. The highest BCUT2D eigenvalue weighted by Crippen LogP contribution is 2.38. The van der Waals surface area contributed by atoms with E-state index in [0.717, 1.165) is 35.3 Å². The van der Waals surface area contributed by atoms with E-state index in [-0.39, 0.29) is 0 Å². The van der Waals surface area contributed by atoms with Crippen LogP contribution < -0.4 is 5.32 Å². The summed E-state index contributed by atoms with van der Waals surface area (Å²) in [4.78, 5) is 1.08. The molecule has 13 heavy (non-hydrogen) atoms. The summed E-state index contributed by atoms with van der Waals surface area (Å²) in [5, 5.41) is 15.6. The predicted molar refractivity (Wildman–Crippen MR) is 58.0 cm³/mol. The van der Waals surface area contributed by atoms with Gasteiger partial charge in [-0.3, -0.25) is 0 Å². The molecule has 0 aliphatic carbocycles. The molecule has 2 nitrogen and oxygen atoms in total. The van der Waals surface area contributed by atoms with Crippen LogP contribution in [0.3, 0.4) is 0 Å². The summed E-state index contributed by atoms with van der Waals surface area (Å²) < 4.78 is 1.04. The van der Waals surface area contributed by atoms with E-state index in [0.29, 0.717) is 0 Å². The standard InChI is InChI=1S/C9H12BrNOS/c10-7-1-6-13-8(7)9(12)2-4-11-5-3-9/h1,6,11-12H,2-5H2. The minimum Gasteiger partial charge on any atom is -0.384 e. The van der Waals surface area contributed by atoms with Crippen molar-refractivity contribution < 1.29 is 5.11 Å². The van der Waals surface area contributed by atoms with Crippen molar-refractivity contribution in [3.63, 3.8) is 0 Å². The summed E-state index contributed by atoms with van der Waals surface area (Å²) in [6.07, 6.45) is 1.62. The molecule has 72 valence electrons. The van der Waals surface area contributed by atoms with E-state index in [1.807, 2.05) is 11.4 Å². The first-order valence-electron chi connectivity index (χ1n) is 4.39. The molecule has 2 rings (SSSR count). The van der Waals surface area contributed by atoms with E-state index < -0.39 is 5.60 Å². The van der Waals surface area contributed by atoms with Crippen LogP contribution in [0.5, 0.6) is 0 Å². The van der Waals surface area contributed by atoms with Crippen molar-refractivity contribution in [3.05, 3.63) is 20.8 Å². The van der Waals surface area contributed by atoms with Crippen LogP contribution in [0.15, 0.2) is 15.9 Å². The maximum absolute atomic E-state index is 10.4. The van der Waals surface area contributed by atoms with Crippen molar-refractivity contribution in [1.82, 2.24) is 5.32 Å². The Bertz CT molecular complexity index is 294. The Balaban J connectivity index is 2.27. The fourth-order valence-corrected chi connectivity index (χ4v) is 3.59. The van der Waals surface area contributed by atoms with Crippen molar-refractivity contribution >= 4 is 27.3 Å². The fraction of sp³-hybridized carbons (Fsp3) is 0.556. The molecule has 2 N–H and O–H groups in total. The molecule has 1 saturated heterocycles. The van der Waals surface area contributed by atoms with Crippen molar-refractivity contribution in [2.45, 2.75) is 18.4 Å². The zero-order valence-corrected chi connectivity index (χ0v) is 9.62. The van der Waals surface area contributed by atoms with Crippen molar-refractivity contribution in [2.24, 2.45) is 0 Å². The quantitative estimate of drug-likeness (QED) is 0.812. The normalized spacial score (nSPS) is 21.7. The van der Waals surface area contributed by atoms with Gasteiger partial charge in [-0.15, -0.1) is 11.3 Å². The Hall–Kier alpha value is 0.1000. The van der Waals surface area contributed by atoms with Gasteiger partial charge in [0, 0.05) is 4.47 Å². The Morgan fingerprint density at radius 2 is 2.15 bits per heavy atom. The molecule has 4 heteroatoms. The van der Waals surface area contributed by atoms with Crippen LogP contribution in [0.4, 0.5) is 0 Å². The average molecular weight is 262 g/mol. The number of nitrogens with one attached hydrogen (secondary N) is 1. The Morgan fingerprint density at radius 1 is 1.46 bits per heavy atom. The van der Waals surface area contributed by atoms with E-state index in [2.05, 4.69) is 21.2 Å². The lowest BCUT2D eigenvalue weighted by Gasteiger charge is -2.32. The third-order valence-electron chi connectivity index (χ3n) is 2.47. The van der Waals surface area contributed by atoms with Gasteiger partial charge in [-0.1, -0.05) is 0 Å². The molecule has 1 aliphatic heterocycles. The molecular formula is C9H12BrNOS. The molecule has 1 aromatic heterocycles. The third kappa shape index (κ3) is 1.81. The zero-order chi connectivity index (χ0) is 9.31. The molecule has 1 fully saturated rings. The van der Waals surface area contributed by atoms with Crippen LogP contribution >= 0.6 is 27.3 Å². The van der Waals surface area contributed by atoms with Gasteiger partial charge in [0.1, 0.15) is 5.60 Å². The first-order valence-corrected chi connectivity index (χ1v) is 6.06. The molecule has 1 aliphatic rings. The van der Waals surface area contributed by atoms with Gasteiger partial charge in [0.25, 0.3) is 0 Å². The Labute approximate surface area is 90.1 Å². The van der Waals surface area contributed by atoms with Crippen LogP contribution in [-0.4, -0.2) is 18.2 Å². The van der Waals surface area contributed by atoms with Gasteiger partial charge in [0.15, 0.2) is 0 Å². The molecular weight excluding hydrogens is 250 g/mol. The molecule has 2 heterocycles. The monoisotopic (exact) mass is 261 g/mol. The minimum atomic E-state index is -0.599. The largest absolute Gasteiger partial charge is 0.384 e. The van der Waals surface area contributed by atoms with Gasteiger partial charge in [-0.05, 0) is 53.3 Å². The highest BCUT2D eigenvalue weighted by Gasteiger charge is 2.33. The second kappa shape index (κ2) is 3.69. The van der Waals surface area contributed by atoms with Gasteiger partial charge < -0.3 is 10.4 Å². The lowest BCUT2D eigenvalue weighted by molar-refractivity contribution is 0.00884. The van der Waals surface area contributed by atoms with E-state index in [1.54, 1.807) is 11.3 Å². The number of aliphatic hydroxyl groups is 1. The van der Waals surface area contributed by atoms with Crippen LogP contribution in [0, 0.1) is 0 Å². The average Bonchev–Trinajstić information content (AvgIpc) is 2.53. The first-order chi connectivity index (χ1) is 6.22. The van der Waals surface area contributed by atoms with Gasteiger partial charge >= 0.3 is 0 Å². The molecule has 0 amide bonds. The Kier molecular flexibility index (Phi) is 2.74. The molecule has 0 atom stereocenters. The van der Waals surface area contributed by atoms with Crippen LogP contribution in [0.25, 0.3) is 0 Å². The molecule has 0 aromatic carbocycles. The lowest BCUT2D eigenvalue weighted by atomic mass is 9.91. The van der Waals surface area contributed by atoms with Gasteiger partial charge in [-0.2, -0.15) is 0 Å². The predicted octanol–water partition coefficient (Wildman–Crippen LogP) is 2.08. The second-order valence-electron chi connectivity index (χ2n) is 3.38. The maximum Gasteiger partial charge on any atom is 0.102 e. The first kappa shape index (κ1) is 9.65. The number of rotatable bonds is 1. The number of piperidine rings is 1. The van der Waals surface area contributed by atoms with Gasteiger partial charge in [-0.25, -0.2) is 0 Å². The molecule has 0 bridgehead atoms. The second-order valence-corrected chi connectivity index (χ2v) is 5.15. The van der Waals surface area contributed by atoms with Crippen molar-refractivity contribution in [1.29, 1.82) is 0 Å². The fourth-order valence-electron chi connectivity index (χ4n) is 1.69. The van der Waals surface area contributed by atoms with E-state index in [9.17, 15) is 5.11 Å². The summed E-state index contributed by atoms with van der Waals surface area (Å²) in [6.45, 7) is 1.81. The van der Waals surface area contributed by atoms with Crippen LogP contribution in [0.1, 0.15) is 17.7 Å². The Morgan fingerprint density at radius 3 is 2.69 bits per heavy atom. The third-order valence-corrected chi connectivity index (χ3v) is 4.50. The number of halogens is 1. The molecule has 0 spiro atoms. The molecule has 0 saturated carbocycles. The number of hydrogen-bond donors (Lipinski definition) is 2. The molecule has 0 radical (unpaired) electrons. The van der Waals surface area contributed by atoms with Crippen LogP contribution in [0.2, 0.25) is 0 Å². The van der Waals surface area contributed by atoms with Crippen molar-refractivity contribution in [3.8, 4) is 0 Å². The lowest BCUT2D eigenvalue weighted by Crippen LogP contribution is -2.39. The molecule has 1 aromatic rings. The highest BCUT2D eigenvalue weighted by molar-refractivity contribution is 9.10. The summed E-state index contributed by atoms with van der Waals surface area (Å²) in [5.74, 6) is 0. The van der Waals surface area contributed by atoms with E-state index in [1.165, 1.54) is 0 Å². The number of hydrogen-bond acceptors (Lipinski definition) is 3. The summed E-state index contributed by atoms with van der Waals surface area (Å²) in [6, 6.07) is 2.00. The summed E-state index contributed by atoms with van der Waals surface area (Å²) >= 11 is 5.10. The summed E-state index contributed by atoms with van der Waals surface area (Å²) in [7, 11) is 0. The van der Waals surface area contributed by atoms with Crippen LogP contribution in [-0.2, 0) is 5.60 Å².